The van der Waals surface area contributed by atoms with Crippen molar-refractivity contribution in [3.05, 3.63) is 29.6 Å². The first-order valence-electron chi connectivity index (χ1n) is 3.94. The number of amides is 1. The maximum Gasteiger partial charge on any atom is 0.258 e. The maximum absolute atomic E-state index is 13.1. The van der Waals surface area contributed by atoms with Crippen molar-refractivity contribution in [2.45, 2.75) is 6.54 Å². The molecule has 1 heterocycles. The quantitative estimate of drug-likeness (QED) is 0.644. The van der Waals surface area contributed by atoms with Gasteiger partial charge in [0.15, 0.2) is 6.61 Å². The summed E-state index contributed by atoms with van der Waals surface area (Å²) in [5.41, 5.74) is 0.411. The Morgan fingerprint density at radius 3 is 3.15 bits per heavy atom. The third-order valence-corrected chi connectivity index (χ3v) is 1.90. The molecule has 1 aromatic rings. The molecule has 1 aliphatic heterocycles. The lowest BCUT2D eigenvalue weighted by atomic mass is 10.2. The highest BCUT2D eigenvalue weighted by molar-refractivity contribution is 5.78. The highest BCUT2D eigenvalue weighted by atomic mass is 19.1. The number of nitrogens with one attached hydrogen (secondary N) is 1. The van der Waals surface area contributed by atoms with Gasteiger partial charge in [-0.3, -0.25) is 4.79 Å². The summed E-state index contributed by atoms with van der Waals surface area (Å²) in [4.78, 5) is 10.9. The number of carbonyl (C=O) groups is 1. The van der Waals surface area contributed by atoms with Crippen molar-refractivity contribution in [1.82, 2.24) is 5.32 Å². The maximum atomic E-state index is 13.1. The number of fused-ring (bicyclic) bond motifs is 1. The van der Waals surface area contributed by atoms with Gasteiger partial charge < -0.3 is 10.1 Å². The number of rotatable bonds is 0. The average molecular weight is 181 g/mol. The van der Waals surface area contributed by atoms with E-state index in [0.29, 0.717) is 11.3 Å². The first kappa shape index (κ1) is 8.04. The van der Waals surface area contributed by atoms with E-state index in [1.807, 2.05) is 0 Å². The van der Waals surface area contributed by atoms with Crippen molar-refractivity contribution >= 4 is 5.91 Å². The molecule has 0 unspecified atom stereocenters. The van der Waals surface area contributed by atoms with E-state index < -0.39 is 0 Å². The Balaban J connectivity index is 2.40. The van der Waals surface area contributed by atoms with Gasteiger partial charge in [-0.25, -0.2) is 4.39 Å². The van der Waals surface area contributed by atoms with E-state index in [9.17, 15) is 9.18 Å². The largest absolute Gasteiger partial charge is 0.483 e. The topological polar surface area (TPSA) is 38.3 Å². The number of benzene rings is 1. The molecule has 0 bridgehead atoms. The van der Waals surface area contributed by atoms with Crippen LogP contribution in [0.2, 0.25) is 0 Å². The van der Waals surface area contributed by atoms with Crippen molar-refractivity contribution in [3.63, 3.8) is 0 Å². The fourth-order valence-corrected chi connectivity index (χ4v) is 1.23. The minimum Gasteiger partial charge on any atom is -0.483 e. The minimum absolute atomic E-state index is 0.0452. The number of ether oxygens (including phenoxy) is 1. The normalized spacial score (nSPS) is 15.3. The molecule has 0 radical (unpaired) electrons. The van der Waals surface area contributed by atoms with Crippen molar-refractivity contribution in [2.24, 2.45) is 0 Å². The third kappa shape index (κ3) is 1.47. The van der Waals surface area contributed by atoms with Gasteiger partial charge in [0.2, 0.25) is 0 Å². The van der Waals surface area contributed by atoms with Gasteiger partial charge in [-0.2, -0.15) is 0 Å². The van der Waals surface area contributed by atoms with Crippen LogP contribution < -0.4 is 10.1 Å². The molecule has 1 aliphatic rings. The Morgan fingerprint density at radius 1 is 1.46 bits per heavy atom. The van der Waals surface area contributed by atoms with Gasteiger partial charge in [-0.1, -0.05) is 6.07 Å². The Labute approximate surface area is 74.5 Å². The molecule has 68 valence electrons. The van der Waals surface area contributed by atoms with Crippen molar-refractivity contribution in [3.8, 4) is 5.75 Å². The highest BCUT2D eigenvalue weighted by Gasteiger charge is 2.15. The molecule has 4 heteroatoms. The van der Waals surface area contributed by atoms with Gasteiger partial charge in [-0.15, -0.1) is 0 Å². The molecule has 0 atom stereocenters. The highest BCUT2D eigenvalue weighted by Crippen LogP contribution is 2.22. The predicted molar refractivity (Wildman–Crippen MR) is 43.7 cm³/mol. The second kappa shape index (κ2) is 3.05. The number of hydrogen-bond donors (Lipinski definition) is 1. The number of halogens is 1. The van der Waals surface area contributed by atoms with Crippen molar-refractivity contribution in [1.29, 1.82) is 0 Å². The molecule has 3 nitrogen and oxygen atoms in total. The summed E-state index contributed by atoms with van der Waals surface area (Å²) >= 11 is 0. The van der Waals surface area contributed by atoms with Gasteiger partial charge in [0, 0.05) is 12.1 Å². The number of carbonyl (C=O) groups excluding carboxylic acids is 1. The molecule has 0 aromatic heterocycles. The average Bonchev–Trinajstić information content (AvgIpc) is 2.30. The zero-order valence-corrected chi connectivity index (χ0v) is 6.84. The van der Waals surface area contributed by atoms with Gasteiger partial charge in [-0.05, 0) is 12.1 Å². The van der Waals surface area contributed by atoms with Crippen LogP contribution in [0.15, 0.2) is 18.2 Å². The van der Waals surface area contributed by atoms with Crippen LogP contribution in [0.25, 0.3) is 0 Å². The Bertz CT molecular complexity index is 351. The van der Waals surface area contributed by atoms with Crippen LogP contribution in [0.4, 0.5) is 4.39 Å². The zero-order valence-electron chi connectivity index (χ0n) is 6.84. The molecule has 1 aromatic carbocycles. The summed E-state index contributed by atoms with van der Waals surface area (Å²) in [7, 11) is 0. The van der Waals surface area contributed by atoms with Crippen LogP contribution in [0.1, 0.15) is 5.56 Å². The lowest BCUT2D eigenvalue weighted by Crippen LogP contribution is -2.25. The fourth-order valence-electron chi connectivity index (χ4n) is 1.23. The predicted octanol–water partition coefficient (Wildman–Crippen LogP) is 0.834. The second-order valence-corrected chi connectivity index (χ2v) is 2.78. The first-order valence-corrected chi connectivity index (χ1v) is 3.94. The smallest absolute Gasteiger partial charge is 0.258 e. The van der Waals surface area contributed by atoms with Crippen molar-refractivity contribution < 1.29 is 13.9 Å². The SMILES string of the molecule is O=C1COc2cccc(F)c2CN1. The van der Waals surface area contributed by atoms with Crippen LogP contribution in [-0.2, 0) is 11.3 Å². The standard InChI is InChI=1S/C9H8FNO2/c10-7-2-1-3-8-6(7)4-11-9(12)5-13-8/h1-3H,4-5H2,(H,11,12). The van der Waals surface area contributed by atoms with E-state index in [-0.39, 0.29) is 24.9 Å². The first-order chi connectivity index (χ1) is 6.27. The second-order valence-electron chi connectivity index (χ2n) is 2.78. The van der Waals surface area contributed by atoms with E-state index in [4.69, 9.17) is 4.74 Å². The summed E-state index contributed by atoms with van der Waals surface area (Å²) in [6.45, 7) is 0.150. The molecule has 13 heavy (non-hydrogen) atoms. The van der Waals surface area contributed by atoms with Crippen molar-refractivity contribution in [2.75, 3.05) is 6.61 Å². The summed E-state index contributed by atoms with van der Waals surface area (Å²) in [6.07, 6.45) is 0. The lowest BCUT2D eigenvalue weighted by Gasteiger charge is -2.04. The summed E-state index contributed by atoms with van der Waals surface area (Å²) < 4.78 is 18.2. The summed E-state index contributed by atoms with van der Waals surface area (Å²) in [6, 6.07) is 4.56. The molecular weight excluding hydrogens is 173 g/mol. The molecule has 0 aliphatic carbocycles. The minimum atomic E-state index is -0.347. The molecule has 1 N–H and O–H groups in total. The fraction of sp³-hybridized carbons (Fsp3) is 0.222. The van der Waals surface area contributed by atoms with Crippen LogP contribution in [0.5, 0.6) is 5.75 Å². The molecule has 1 amide bonds. The van der Waals surface area contributed by atoms with E-state index in [1.54, 1.807) is 12.1 Å². The number of hydrogen-bond acceptors (Lipinski definition) is 2. The molecule has 0 saturated carbocycles. The van der Waals surface area contributed by atoms with E-state index in [1.165, 1.54) is 6.07 Å². The summed E-state index contributed by atoms with van der Waals surface area (Å²) in [5.74, 6) is -0.131. The monoisotopic (exact) mass is 181 g/mol. The van der Waals surface area contributed by atoms with E-state index in [0.717, 1.165) is 0 Å². The summed E-state index contributed by atoms with van der Waals surface area (Å²) in [5, 5.41) is 2.54. The molecule has 0 spiro atoms. The van der Waals surface area contributed by atoms with Gasteiger partial charge in [0.1, 0.15) is 11.6 Å². The molecule has 0 fully saturated rings. The van der Waals surface area contributed by atoms with E-state index in [2.05, 4.69) is 5.32 Å². The lowest BCUT2D eigenvalue weighted by molar-refractivity contribution is -0.122. The van der Waals surface area contributed by atoms with Crippen LogP contribution in [0, 0.1) is 5.82 Å². The molecular formula is C9H8FNO2. The Kier molecular flexibility index (Phi) is 1.88. The molecule has 2 rings (SSSR count). The van der Waals surface area contributed by atoms with Crippen LogP contribution in [0.3, 0.4) is 0 Å². The Hall–Kier alpha value is -1.58. The van der Waals surface area contributed by atoms with E-state index >= 15 is 0 Å². The van der Waals surface area contributed by atoms with Crippen LogP contribution in [-0.4, -0.2) is 12.5 Å². The molecule has 0 saturated heterocycles. The zero-order chi connectivity index (χ0) is 9.26. The van der Waals surface area contributed by atoms with Gasteiger partial charge in [0.05, 0.1) is 0 Å². The van der Waals surface area contributed by atoms with Gasteiger partial charge in [0.25, 0.3) is 5.91 Å². The van der Waals surface area contributed by atoms with Crippen LogP contribution >= 0.6 is 0 Å². The van der Waals surface area contributed by atoms with Gasteiger partial charge >= 0.3 is 0 Å². The Morgan fingerprint density at radius 2 is 2.31 bits per heavy atom. The third-order valence-electron chi connectivity index (χ3n) is 1.90.